The minimum atomic E-state index is -0.292. The highest BCUT2D eigenvalue weighted by atomic mass is 16.3. The molecule has 0 saturated carbocycles. The predicted octanol–water partition coefficient (Wildman–Crippen LogP) is 5.04. The van der Waals surface area contributed by atoms with Crippen molar-refractivity contribution in [3.8, 4) is 0 Å². The third-order valence-corrected chi connectivity index (χ3v) is 4.20. The van der Waals surface area contributed by atoms with E-state index in [0.717, 1.165) is 22.9 Å². The first-order valence-electron chi connectivity index (χ1n) is 8.69. The third-order valence-electron chi connectivity index (χ3n) is 4.20. The highest BCUT2D eigenvalue weighted by Gasteiger charge is 2.17. The van der Waals surface area contributed by atoms with Gasteiger partial charge >= 0.3 is 0 Å². The zero-order valence-corrected chi connectivity index (χ0v) is 15.2. The van der Waals surface area contributed by atoms with E-state index in [1.807, 2.05) is 39.0 Å². The number of aryl methyl sites for hydroxylation is 2. The van der Waals surface area contributed by atoms with Crippen molar-refractivity contribution in [1.29, 1.82) is 0 Å². The third kappa shape index (κ3) is 3.77. The maximum absolute atomic E-state index is 12.6. The fourth-order valence-electron chi connectivity index (χ4n) is 2.83. The van der Waals surface area contributed by atoms with Crippen molar-refractivity contribution < 1.29 is 14.0 Å². The number of hydrogen-bond donors (Lipinski definition) is 2. The molecule has 0 fully saturated rings. The van der Waals surface area contributed by atoms with Crippen LogP contribution in [0, 0.1) is 13.8 Å². The van der Waals surface area contributed by atoms with Gasteiger partial charge in [-0.2, -0.15) is 0 Å². The molecular formula is C21H22N2O3. The average Bonchev–Trinajstić information content (AvgIpc) is 2.93. The fraction of sp³-hybridized carbons (Fsp3) is 0.238. The first-order chi connectivity index (χ1) is 12.5. The second-order valence-corrected chi connectivity index (χ2v) is 6.39. The van der Waals surface area contributed by atoms with E-state index in [1.54, 1.807) is 24.3 Å². The molecule has 2 amide bonds. The van der Waals surface area contributed by atoms with Crippen molar-refractivity contribution in [1.82, 2.24) is 0 Å². The van der Waals surface area contributed by atoms with E-state index >= 15 is 0 Å². The number of nitrogens with one attached hydrogen (secondary N) is 2. The Kier molecular flexibility index (Phi) is 5.07. The summed E-state index contributed by atoms with van der Waals surface area (Å²) in [7, 11) is 0. The molecule has 134 valence electrons. The molecule has 2 aromatic carbocycles. The van der Waals surface area contributed by atoms with Crippen LogP contribution in [-0.2, 0) is 4.79 Å². The fourth-order valence-corrected chi connectivity index (χ4v) is 2.83. The Bertz CT molecular complexity index is 955. The highest BCUT2D eigenvalue weighted by Crippen LogP contribution is 2.27. The van der Waals surface area contributed by atoms with Gasteiger partial charge in [-0.1, -0.05) is 18.6 Å². The largest absolute Gasteiger partial charge is 0.451 e. The molecule has 26 heavy (non-hydrogen) atoms. The number of benzene rings is 2. The zero-order chi connectivity index (χ0) is 18.7. The lowest BCUT2D eigenvalue weighted by Gasteiger charge is -2.07. The van der Waals surface area contributed by atoms with Crippen LogP contribution in [0.4, 0.5) is 11.4 Å². The van der Waals surface area contributed by atoms with Crippen LogP contribution in [0.1, 0.15) is 41.4 Å². The molecule has 0 atom stereocenters. The standard InChI is InChI=1S/C21H22N2O3/c1-4-5-19(24)22-15-7-9-16(10-8-15)23-21(25)20-14(3)17-12-13(2)6-11-18(17)26-20/h6-12H,4-5H2,1-3H3,(H,22,24)(H,23,25). The first-order valence-corrected chi connectivity index (χ1v) is 8.69. The monoisotopic (exact) mass is 350 g/mol. The highest BCUT2D eigenvalue weighted by molar-refractivity contribution is 6.06. The van der Waals surface area contributed by atoms with Gasteiger partial charge < -0.3 is 15.1 Å². The Morgan fingerprint density at radius 3 is 2.27 bits per heavy atom. The van der Waals surface area contributed by atoms with Gasteiger partial charge in [-0.25, -0.2) is 0 Å². The predicted molar refractivity (Wildman–Crippen MR) is 104 cm³/mol. The van der Waals surface area contributed by atoms with E-state index < -0.39 is 0 Å². The van der Waals surface area contributed by atoms with Crippen molar-refractivity contribution >= 4 is 34.2 Å². The summed E-state index contributed by atoms with van der Waals surface area (Å²) >= 11 is 0. The number of anilines is 2. The summed E-state index contributed by atoms with van der Waals surface area (Å²) in [6.45, 7) is 5.85. The van der Waals surface area contributed by atoms with Crippen LogP contribution in [0.15, 0.2) is 46.9 Å². The molecule has 0 radical (unpaired) electrons. The van der Waals surface area contributed by atoms with Gasteiger partial charge in [0.25, 0.3) is 5.91 Å². The summed E-state index contributed by atoms with van der Waals surface area (Å²) in [5, 5.41) is 6.60. The summed E-state index contributed by atoms with van der Waals surface area (Å²) < 4.78 is 5.72. The number of hydrogen-bond acceptors (Lipinski definition) is 3. The number of fused-ring (bicyclic) bond motifs is 1. The molecule has 2 N–H and O–H groups in total. The van der Waals surface area contributed by atoms with Gasteiger partial charge in [0, 0.05) is 28.7 Å². The molecule has 5 heteroatoms. The van der Waals surface area contributed by atoms with Crippen LogP contribution in [0.5, 0.6) is 0 Å². The van der Waals surface area contributed by atoms with Crippen LogP contribution in [0.2, 0.25) is 0 Å². The van der Waals surface area contributed by atoms with Gasteiger partial charge in [0.15, 0.2) is 5.76 Å². The Balaban J connectivity index is 1.74. The molecule has 0 unspecified atom stereocenters. The molecule has 5 nitrogen and oxygen atoms in total. The number of carbonyl (C=O) groups is 2. The van der Waals surface area contributed by atoms with Crippen molar-refractivity contribution in [3.05, 3.63) is 59.4 Å². The van der Waals surface area contributed by atoms with Crippen molar-refractivity contribution in [3.63, 3.8) is 0 Å². The molecular weight excluding hydrogens is 328 g/mol. The van der Waals surface area contributed by atoms with Crippen molar-refractivity contribution in [2.75, 3.05) is 10.6 Å². The van der Waals surface area contributed by atoms with E-state index in [4.69, 9.17) is 4.42 Å². The number of carbonyl (C=O) groups excluding carboxylic acids is 2. The normalized spacial score (nSPS) is 10.7. The minimum absolute atomic E-state index is 0.0162. The van der Waals surface area contributed by atoms with E-state index in [-0.39, 0.29) is 11.8 Å². The Morgan fingerprint density at radius 1 is 0.962 bits per heavy atom. The molecule has 0 saturated heterocycles. The summed E-state index contributed by atoms with van der Waals surface area (Å²) in [6, 6.07) is 12.9. The van der Waals surface area contributed by atoms with Crippen molar-refractivity contribution in [2.45, 2.75) is 33.6 Å². The van der Waals surface area contributed by atoms with Crippen molar-refractivity contribution in [2.24, 2.45) is 0 Å². The van der Waals surface area contributed by atoms with Crippen LogP contribution in [-0.4, -0.2) is 11.8 Å². The molecule has 1 heterocycles. The Morgan fingerprint density at radius 2 is 1.62 bits per heavy atom. The minimum Gasteiger partial charge on any atom is -0.451 e. The van der Waals surface area contributed by atoms with Gasteiger partial charge in [-0.05, 0) is 56.7 Å². The van der Waals surface area contributed by atoms with E-state index in [1.165, 1.54) is 0 Å². The van der Waals surface area contributed by atoms with E-state index in [9.17, 15) is 9.59 Å². The van der Waals surface area contributed by atoms with Crippen LogP contribution >= 0.6 is 0 Å². The summed E-state index contributed by atoms with van der Waals surface area (Å²) in [4.78, 5) is 24.2. The van der Waals surface area contributed by atoms with E-state index in [2.05, 4.69) is 10.6 Å². The summed E-state index contributed by atoms with van der Waals surface area (Å²) in [5.41, 5.74) is 3.99. The lowest BCUT2D eigenvalue weighted by molar-refractivity contribution is -0.116. The topological polar surface area (TPSA) is 71.3 Å². The summed E-state index contributed by atoms with van der Waals surface area (Å²) in [5.74, 6) is 0.00234. The van der Waals surface area contributed by atoms with Crippen LogP contribution in [0.25, 0.3) is 11.0 Å². The van der Waals surface area contributed by atoms with E-state index in [0.29, 0.717) is 29.1 Å². The molecule has 1 aromatic heterocycles. The maximum Gasteiger partial charge on any atom is 0.291 e. The molecule has 0 aliphatic carbocycles. The lowest BCUT2D eigenvalue weighted by Crippen LogP contribution is -2.13. The second kappa shape index (κ2) is 7.44. The second-order valence-electron chi connectivity index (χ2n) is 6.39. The first kappa shape index (κ1) is 17.7. The molecule has 0 aliphatic heterocycles. The maximum atomic E-state index is 12.6. The van der Waals surface area contributed by atoms with Crippen LogP contribution in [0.3, 0.4) is 0 Å². The summed E-state index contributed by atoms with van der Waals surface area (Å²) in [6.07, 6.45) is 1.29. The quantitative estimate of drug-likeness (QED) is 0.677. The molecule has 0 bridgehead atoms. The van der Waals surface area contributed by atoms with Crippen LogP contribution < -0.4 is 10.6 Å². The number of rotatable bonds is 5. The Hall–Kier alpha value is -3.08. The van der Waals surface area contributed by atoms with Gasteiger partial charge in [0.1, 0.15) is 5.58 Å². The SMILES string of the molecule is CCCC(=O)Nc1ccc(NC(=O)c2oc3ccc(C)cc3c2C)cc1. The van der Waals surface area contributed by atoms with Gasteiger partial charge in [0.2, 0.25) is 5.91 Å². The molecule has 0 aliphatic rings. The smallest absolute Gasteiger partial charge is 0.291 e. The number of furan rings is 1. The van der Waals surface area contributed by atoms with Gasteiger partial charge in [-0.15, -0.1) is 0 Å². The number of amides is 2. The lowest BCUT2D eigenvalue weighted by atomic mass is 10.1. The average molecular weight is 350 g/mol. The molecule has 3 rings (SSSR count). The van der Waals surface area contributed by atoms with Gasteiger partial charge in [0.05, 0.1) is 0 Å². The van der Waals surface area contributed by atoms with Gasteiger partial charge in [-0.3, -0.25) is 9.59 Å². The Labute approximate surface area is 152 Å². The zero-order valence-electron chi connectivity index (χ0n) is 15.2. The molecule has 0 spiro atoms. The molecule has 3 aromatic rings.